The van der Waals surface area contributed by atoms with Crippen molar-refractivity contribution in [3.05, 3.63) is 64.7 Å². The Morgan fingerprint density at radius 1 is 1.05 bits per heavy atom. The molecule has 2 aromatic carbocycles. The number of aryl methyl sites for hydroxylation is 2. The molecule has 3 nitrogen and oxygen atoms in total. The molecule has 2 rings (SSSR count). The second-order valence-corrected chi connectivity index (χ2v) is 7.00. The van der Waals surface area contributed by atoms with Gasteiger partial charge in [0, 0.05) is 16.4 Å². The zero-order valence-electron chi connectivity index (χ0n) is 13.3. The molecular weight excluding hydrogens is 295 g/mol. The predicted molar refractivity (Wildman–Crippen MR) is 90.6 cm³/mol. The summed E-state index contributed by atoms with van der Waals surface area (Å²) in [6.45, 7) is 7.56. The molecule has 4 heteroatoms. The highest BCUT2D eigenvalue weighted by atomic mass is 31.1. The zero-order valence-corrected chi connectivity index (χ0v) is 14.3. The molecule has 0 aliphatic carbocycles. The van der Waals surface area contributed by atoms with Gasteiger partial charge < -0.3 is 4.52 Å². The summed E-state index contributed by atoms with van der Waals surface area (Å²) in [6, 6.07) is 12.7. The smallest absolute Gasteiger partial charge is 0.221 e. The summed E-state index contributed by atoms with van der Waals surface area (Å²) >= 11 is 0. The molecule has 1 atom stereocenters. The highest BCUT2D eigenvalue weighted by molar-refractivity contribution is 7.48. The molecule has 0 aromatic heterocycles. The van der Waals surface area contributed by atoms with Crippen LogP contribution in [0.2, 0.25) is 0 Å². The van der Waals surface area contributed by atoms with E-state index in [1.54, 1.807) is 24.3 Å². The van der Waals surface area contributed by atoms with Crippen molar-refractivity contribution in [1.29, 1.82) is 0 Å². The molecule has 0 spiro atoms. The van der Waals surface area contributed by atoms with Crippen LogP contribution in [0.15, 0.2) is 42.5 Å². The fourth-order valence-electron chi connectivity index (χ4n) is 2.35. The molecule has 0 aliphatic rings. The van der Waals surface area contributed by atoms with Gasteiger partial charge in [0.1, 0.15) is 0 Å². The van der Waals surface area contributed by atoms with Gasteiger partial charge >= 0.3 is 0 Å². The highest BCUT2D eigenvalue weighted by Gasteiger charge is 2.19. The van der Waals surface area contributed by atoms with Gasteiger partial charge in [-0.15, -0.1) is 0 Å². The van der Waals surface area contributed by atoms with Gasteiger partial charge in [0.15, 0.2) is 5.78 Å². The third-order valence-corrected chi connectivity index (χ3v) is 4.92. The number of benzene rings is 2. The highest BCUT2D eigenvalue weighted by Crippen LogP contribution is 2.27. The molecular formula is C18H21O3P. The van der Waals surface area contributed by atoms with E-state index in [4.69, 9.17) is 4.52 Å². The first-order valence-corrected chi connectivity index (χ1v) is 8.63. The summed E-state index contributed by atoms with van der Waals surface area (Å²) in [7, 11) is -2.44. The second-order valence-electron chi connectivity index (χ2n) is 5.65. The number of ketones is 1. The Hall–Kier alpha value is -1.70. The maximum Gasteiger partial charge on any atom is 0.221 e. The first-order chi connectivity index (χ1) is 10.4. The molecule has 0 N–H and O–H groups in total. The van der Waals surface area contributed by atoms with E-state index in [9.17, 15) is 9.36 Å². The lowest BCUT2D eigenvalue weighted by atomic mass is 9.97. The lowest BCUT2D eigenvalue weighted by molar-refractivity contribution is 0.103. The van der Waals surface area contributed by atoms with E-state index in [2.05, 4.69) is 0 Å². The number of hydrogen-bond acceptors (Lipinski definition) is 3. The van der Waals surface area contributed by atoms with Crippen LogP contribution in [-0.2, 0) is 9.09 Å². The molecule has 0 fully saturated rings. The fourth-order valence-corrected chi connectivity index (χ4v) is 3.55. The van der Waals surface area contributed by atoms with Gasteiger partial charge in [-0.25, -0.2) is 0 Å². The molecule has 0 saturated heterocycles. The van der Waals surface area contributed by atoms with Gasteiger partial charge in [0.2, 0.25) is 8.03 Å². The quantitative estimate of drug-likeness (QED) is 0.617. The molecule has 1 unspecified atom stereocenters. The maximum atomic E-state index is 12.8. The third-order valence-electron chi connectivity index (χ3n) is 3.36. The number of hydrogen-bond donors (Lipinski definition) is 0. The lowest BCUT2D eigenvalue weighted by Crippen LogP contribution is -2.15. The first-order valence-electron chi connectivity index (χ1n) is 7.32. The Balaban J connectivity index is 2.44. The van der Waals surface area contributed by atoms with Crippen LogP contribution in [0, 0.1) is 13.8 Å². The Labute approximate surface area is 132 Å². The van der Waals surface area contributed by atoms with Crippen LogP contribution in [0.5, 0.6) is 0 Å². The van der Waals surface area contributed by atoms with Crippen molar-refractivity contribution in [2.24, 2.45) is 0 Å². The number of carbonyl (C=O) groups excluding carboxylic acids is 1. The number of carbonyl (C=O) groups is 1. The average molecular weight is 316 g/mol. The van der Waals surface area contributed by atoms with Crippen molar-refractivity contribution in [1.82, 2.24) is 0 Å². The first kappa shape index (κ1) is 16.7. The van der Waals surface area contributed by atoms with E-state index in [1.807, 2.05) is 45.9 Å². The van der Waals surface area contributed by atoms with Crippen molar-refractivity contribution in [3.63, 3.8) is 0 Å². The van der Waals surface area contributed by atoms with Gasteiger partial charge in [-0.1, -0.05) is 42.0 Å². The van der Waals surface area contributed by atoms with Crippen molar-refractivity contribution < 1.29 is 13.9 Å². The summed E-state index contributed by atoms with van der Waals surface area (Å²) in [5, 5.41) is 0.492. The van der Waals surface area contributed by atoms with Gasteiger partial charge in [-0.2, -0.15) is 0 Å². The normalized spacial score (nSPS) is 12.4. The zero-order chi connectivity index (χ0) is 16.3. The Morgan fingerprint density at radius 2 is 1.73 bits per heavy atom. The molecule has 0 heterocycles. The van der Waals surface area contributed by atoms with Crippen LogP contribution in [0.1, 0.15) is 40.9 Å². The average Bonchev–Trinajstić information content (AvgIpc) is 2.46. The van der Waals surface area contributed by atoms with Crippen LogP contribution >= 0.6 is 8.03 Å². The van der Waals surface area contributed by atoms with E-state index in [1.165, 1.54) is 0 Å². The molecule has 0 bridgehead atoms. The predicted octanol–water partition coefficient (Wildman–Crippen LogP) is 4.06. The molecule has 0 radical (unpaired) electrons. The van der Waals surface area contributed by atoms with Gasteiger partial charge in [-0.3, -0.25) is 9.36 Å². The number of rotatable bonds is 5. The van der Waals surface area contributed by atoms with E-state index in [0.717, 1.165) is 11.1 Å². The largest absolute Gasteiger partial charge is 0.325 e. The Kier molecular flexibility index (Phi) is 5.33. The fraction of sp³-hybridized carbons (Fsp3) is 0.278. The monoisotopic (exact) mass is 316 g/mol. The molecule has 0 saturated carbocycles. The van der Waals surface area contributed by atoms with Crippen molar-refractivity contribution >= 4 is 19.1 Å². The minimum absolute atomic E-state index is 0.112. The van der Waals surface area contributed by atoms with Crippen LogP contribution < -0.4 is 5.30 Å². The van der Waals surface area contributed by atoms with Crippen molar-refractivity contribution in [3.8, 4) is 0 Å². The summed E-state index contributed by atoms with van der Waals surface area (Å²) in [4.78, 5) is 12.8. The van der Waals surface area contributed by atoms with Gasteiger partial charge in [0.25, 0.3) is 0 Å². The molecule has 2 aromatic rings. The minimum atomic E-state index is -2.44. The van der Waals surface area contributed by atoms with Crippen LogP contribution in [-0.4, -0.2) is 11.9 Å². The Bertz CT molecular complexity index is 720. The van der Waals surface area contributed by atoms with Gasteiger partial charge in [0.05, 0.1) is 6.10 Å². The SMILES string of the molecule is Cc1ccc(C(=O)c2ccccc2[PH](=O)OC(C)C)c(C)c1. The van der Waals surface area contributed by atoms with E-state index in [-0.39, 0.29) is 11.9 Å². The van der Waals surface area contributed by atoms with E-state index < -0.39 is 8.03 Å². The lowest BCUT2D eigenvalue weighted by Gasteiger charge is -2.12. The molecule has 22 heavy (non-hydrogen) atoms. The van der Waals surface area contributed by atoms with Crippen LogP contribution in [0.25, 0.3) is 0 Å². The Morgan fingerprint density at radius 3 is 2.36 bits per heavy atom. The van der Waals surface area contributed by atoms with Crippen molar-refractivity contribution in [2.45, 2.75) is 33.8 Å². The third kappa shape index (κ3) is 3.73. The minimum Gasteiger partial charge on any atom is -0.325 e. The second kappa shape index (κ2) is 7.04. The van der Waals surface area contributed by atoms with E-state index in [0.29, 0.717) is 16.4 Å². The van der Waals surface area contributed by atoms with Crippen molar-refractivity contribution in [2.75, 3.05) is 0 Å². The summed E-state index contributed by atoms with van der Waals surface area (Å²) in [5.41, 5.74) is 3.12. The molecule has 0 aliphatic heterocycles. The molecule has 116 valence electrons. The van der Waals surface area contributed by atoms with Crippen LogP contribution in [0.4, 0.5) is 0 Å². The summed E-state index contributed by atoms with van der Waals surface area (Å²) in [5.74, 6) is -0.112. The van der Waals surface area contributed by atoms with Gasteiger partial charge in [-0.05, 0) is 39.3 Å². The summed E-state index contributed by atoms with van der Waals surface area (Å²) < 4.78 is 17.8. The summed E-state index contributed by atoms with van der Waals surface area (Å²) in [6.07, 6.45) is -0.143. The molecule has 0 amide bonds. The van der Waals surface area contributed by atoms with Crippen LogP contribution in [0.3, 0.4) is 0 Å². The maximum absolute atomic E-state index is 12.8. The van der Waals surface area contributed by atoms with E-state index >= 15 is 0 Å². The topological polar surface area (TPSA) is 43.4 Å². The standard InChI is InChI=1S/C18H21O3P/c1-12(2)21-22(20)17-8-6-5-7-16(17)18(19)15-10-9-13(3)11-14(15)4/h5-12,22H,1-4H3.